The van der Waals surface area contributed by atoms with Crippen molar-refractivity contribution >= 4 is 207 Å². The molecule has 2 aliphatic rings. The molecule has 19 aromatic carbocycles. The molecule has 0 aromatic heterocycles. The Morgan fingerprint density at radius 2 is 0.398 bits per heavy atom. The number of fused-ring (bicyclic) bond motifs is 10. The SMILES string of the molecule is CC(C)c1cccc(C(C)C)c1N1C(=O)c2cc(O)c3c4ccc5c6ccc7c8ccc9c%10ccc%11c%12c(O)cc%13c%14c(cc(O)c(c%15ccc(c%16ccc(c%17ccc(c%18ccc(c%19c(O)cc(c2c3%19)C1=O)c4c5%18)c6c7%17)c8c9%16)c%10c%11%15)c%14%12)C(=O)N(c1c(C(C)C)cccc1C(C)C)C%13=O. The molecule has 0 atom stereocenters. The Kier molecular flexibility index (Phi) is 10.3. The third-order valence-corrected chi connectivity index (χ3v) is 23.1. The van der Waals surface area contributed by atoms with Crippen LogP contribution in [0.3, 0.4) is 0 Å². The van der Waals surface area contributed by atoms with Gasteiger partial charge in [0, 0.05) is 43.1 Å². The zero-order valence-electron chi connectivity index (χ0n) is 54.6. The minimum Gasteiger partial charge on any atom is -0.507 e. The summed E-state index contributed by atoms with van der Waals surface area (Å²) in [7, 11) is 0. The quantitative estimate of drug-likeness (QED) is 0.0729. The van der Waals surface area contributed by atoms with Gasteiger partial charge in [0.25, 0.3) is 23.6 Å². The predicted molar refractivity (Wildman–Crippen MR) is 401 cm³/mol. The van der Waals surface area contributed by atoms with Crippen molar-refractivity contribution in [2.24, 2.45) is 0 Å². The highest BCUT2D eigenvalue weighted by Gasteiger charge is 2.42. The molecular formula is C88H58N2O8. The fourth-order valence-electron chi connectivity index (χ4n) is 19.1. The number of rotatable bonds is 6. The number of hydrogen-bond donors (Lipinski definition) is 4. The monoisotopic (exact) mass is 1270 g/mol. The number of nitrogens with zero attached hydrogens (tertiary/aromatic N) is 2. The maximum Gasteiger partial charge on any atom is 0.266 e. The molecule has 10 heteroatoms. The van der Waals surface area contributed by atoms with E-state index in [0.717, 1.165) is 152 Å². The Morgan fingerprint density at radius 1 is 0.224 bits per heavy atom. The molecule has 2 heterocycles. The van der Waals surface area contributed by atoms with Crippen LogP contribution in [0.5, 0.6) is 23.0 Å². The number of carbonyl (C=O) groups excluding carboxylic acids is 4. The van der Waals surface area contributed by atoms with Gasteiger partial charge in [-0.25, -0.2) is 9.80 Å². The van der Waals surface area contributed by atoms with Crippen LogP contribution >= 0.6 is 0 Å². The van der Waals surface area contributed by atoms with E-state index in [4.69, 9.17) is 0 Å². The Balaban J connectivity index is 0.761. The number of aromatic hydroxyl groups is 4. The minimum atomic E-state index is -0.518. The molecule has 0 fully saturated rings. The fraction of sp³-hybridized carbons (Fsp3) is 0.136. The fourth-order valence-corrected chi connectivity index (χ4v) is 19.1. The lowest BCUT2D eigenvalue weighted by molar-refractivity contribution is 0.0877. The molecule has 0 saturated heterocycles. The molecule has 4 N–H and O–H groups in total. The summed E-state index contributed by atoms with van der Waals surface area (Å²) in [5.41, 5.74) is 5.36. The molecule has 0 unspecified atom stereocenters. The highest BCUT2D eigenvalue weighted by atomic mass is 16.3. The van der Waals surface area contributed by atoms with E-state index >= 15 is 19.2 Å². The normalized spacial score (nSPS) is 14.3. The van der Waals surface area contributed by atoms with E-state index in [-0.39, 0.29) is 68.9 Å². The number of phenolic OH excluding ortho intramolecular Hbond substituents is 4. The Labute approximate surface area is 558 Å². The Morgan fingerprint density at radius 3 is 0.582 bits per heavy atom. The van der Waals surface area contributed by atoms with Crippen LogP contribution in [0.2, 0.25) is 0 Å². The van der Waals surface area contributed by atoms with Crippen molar-refractivity contribution in [3.8, 4) is 23.0 Å². The average molecular weight is 1270 g/mol. The molecule has 0 radical (unpaired) electrons. The van der Waals surface area contributed by atoms with Crippen molar-refractivity contribution in [1.29, 1.82) is 0 Å². The summed E-state index contributed by atoms with van der Waals surface area (Å²) in [5.74, 6) is -2.54. The molecule has 98 heavy (non-hydrogen) atoms. The summed E-state index contributed by atoms with van der Waals surface area (Å²) in [4.78, 5) is 63.1. The lowest BCUT2D eigenvalue weighted by atomic mass is 9.79. The number of carbonyl (C=O) groups is 4. The third-order valence-electron chi connectivity index (χ3n) is 23.1. The molecule has 468 valence electrons. The topological polar surface area (TPSA) is 156 Å². The van der Waals surface area contributed by atoms with E-state index in [1.807, 2.05) is 91.8 Å². The van der Waals surface area contributed by atoms with Gasteiger partial charge in [-0.3, -0.25) is 19.2 Å². The van der Waals surface area contributed by atoms with E-state index in [1.54, 1.807) is 0 Å². The number of amides is 4. The molecule has 0 aliphatic carbocycles. The number of imide groups is 2. The second-order valence-electron chi connectivity index (χ2n) is 29.1. The molecule has 19 aromatic rings. The van der Waals surface area contributed by atoms with Gasteiger partial charge in [0.1, 0.15) is 23.0 Å². The van der Waals surface area contributed by atoms with E-state index in [9.17, 15) is 20.4 Å². The molecule has 4 amide bonds. The second-order valence-corrected chi connectivity index (χ2v) is 29.1. The van der Waals surface area contributed by atoms with Gasteiger partial charge in [0.2, 0.25) is 0 Å². The molecule has 0 saturated carbocycles. The van der Waals surface area contributed by atoms with Crippen LogP contribution in [0.25, 0.3) is 172 Å². The van der Waals surface area contributed by atoms with Crippen molar-refractivity contribution in [2.75, 3.05) is 9.80 Å². The van der Waals surface area contributed by atoms with E-state index in [0.29, 0.717) is 54.5 Å². The Hall–Kier alpha value is -11.9. The lowest BCUT2D eigenvalue weighted by Gasteiger charge is -2.33. The van der Waals surface area contributed by atoms with Crippen LogP contribution in [0.1, 0.15) is 143 Å². The van der Waals surface area contributed by atoms with Crippen LogP contribution in [0.15, 0.2) is 158 Å². The summed E-state index contributed by atoms with van der Waals surface area (Å²) in [6.45, 7) is 16.4. The van der Waals surface area contributed by atoms with E-state index < -0.39 is 23.6 Å². The Bertz CT molecular complexity index is 6270. The van der Waals surface area contributed by atoms with Crippen molar-refractivity contribution in [1.82, 2.24) is 0 Å². The lowest BCUT2D eigenvalue weighted by Crippen LogP contribution is -2.41. The summed E-state index contributed by atoms with van der Waals surface area (Å²) in [5, 5.41) is 77.8. The van der Waals surface area contributed by atoms with Crippen molar-refractivity contribution in [3.63, 3.8) is 0 Å². The highest BCUT2D eigenvalue weighted by molar-refractivity contribution is 6.52. The third kappa shape index (κ3) is 6.28. The van der Waals surface area contributed by atoms with Gasteiger partial charge in [-0.05, 0) is 199 Å². The van der Waals surface area contributed by atoms with Crippen LogP contribution in [-0.2, 0) is 0 Å². The number of para-hydroxylation sites is 2. The van der Waals surface area contributed by atoms with Gasteiger partial charge in [-0.15, -0.1) is 0 Å². The van der Waals surface area contributed by atoms with E-state index in [1.165, 1.54) is 34.1 Å². The summed E-state index contributed by atoms with van der Waals surface area (Å²) in [6, 6.07) is 52.6. The number of phenols is 4. The number of anilines is 2. The molecule has 2 aliphatic heterocycles. The molecular weight excluding hydrogens is 1210 g/mol. The van der Waals surface area contributed by atoms with Gasteiger partial charge in [-0.2, -0.15) is 0 Å². The van der Waals surface area contributed by atoms with Crippen molar-refractivity contribution in [3.05, 3.63) is 202 Å². The van der Waals surface area contributed by atoms with Crippen molar-refractivity contribution in [2.45, 2.75) is 79.1 Å². The molecule has 21 rings (SSSR count). The first kappa shape index (κ1) is 55.4. The standard InChI is InChI=1S/C88H58N2O8/c1-35(2)39-11-9-12-40(36(3)4)83(39)89-85(95)59-31-63(91)77-55-27-23-51-47-19-15-43-45-17-21-49-53-25-29-57-74-58(80-66(94)34-62-76-61(33-65(93)79(57)82(76)80)87(97)90(88(62)98)84-41(37(5)6)13-10-14-42(84)38(7)8)30-26-54(72(53)74)50-22-18-46(68(45)70(49)50)44-16-20-48(69(47)67(43)44)52-24-28-56(73(55)71(51)52)78-64(92)32-60(86(89)96)75(59)81(77)78/h9-38,91-94H,1-8H3. The second kappa shape index (κ2) is 18.2. The summed E-state index contributed by atoms with van der Waals surface area (Å²) in [6.07, 6.45) is 0. The first-order valence-electron chi connectivity index (χ1n) is 33.9. The van der Waals surface area contributed by atoms with Gasteiger partial charge in [0.15, 0.2) is 0 Å². The largest absolute Gasteiger partial charge is 0.507 e. The van der Waals surface area contributed by atoms with Crippen LogP contribution in [0, 0.1) is 0 Å². The predicted octanol–water partition coefficient (Wildman–Crippen LogP) is 22.2. The van der Waals surface area contributed by atoms with Gasteiger partial charge >= 0.3 is 0 Å². The highest BCUT2D eigenvalue weighted by Crippen LogP contribution is 2.58. The number of hydrogen-bond acceptors (Lipinski definition) is 8. The summed E-state index contributed by atoms with van der Waals surface area (Å²) >= 11 is 0. The van der Waals surface area contributed by atoms with Gasteiger partial charge < -0.3 is 20.4 Å². The average Bonchev–Trinajstić information content (AvgIpc) is 0.668. The first-order chi connectivity index (χ1) is 47.3. The molecule has 10 nitrogen and oxygen atoms in total. The number of benzene rings is 19. The molecule has 0 spiro atoms. The zero-order chi connectivity index (χ0) is 66.7. The van der Waals surface area contributed by atoms with Gasteiger partial charge in [0.05, 0.1) is 33.6 Å². The summed E-state index contributed by atoms with van der Waals surface area (Å²) < 4.78 is 0. The molecule has 0 bridgehead atoms. The van der Waals surface area contributed by atoms with Crippen molar-refractivity contribution < 1.29 is 39.6 Å². The maximum absolute atomic E-state index is 15.1. The first-order valence-corrected chi connectivity index (χ1v) is 33.9. The minimum absolute atomic E-state index is 0.00706. The zero-order valence-corrected chi connectivity index (χ0v) is 54.6. The van der Waals surface area contributed by atoms with Crippen LogP contribution in [0.4, 0.5) is 11.4 Å². The smallest absolute Gasteiger partial charge is 0.266 e. The van der Waals surface area contributed by atoms with E-state index in [2.05, 4.69) is 97.1 Å². The van der Waals surface area contributed by atoms with Crippen LogP contribution < -0.4 is 9.80 Å². The maximum atomic E-state index is 15.1. The van der Waals surface area contributed by atoms with Crippen LogP contribution in [-0.4, -0.2) is 44.1 Å². The van der Waals surface area contributed by atoms with Gasteiger partial charge in [-0.1, -0.05) is 189 Å².